The third-order valence-corrected chi connectivity index (χ3v) is 1.79. The number of nitrogens with zero attached hydrogens (tertiary/aromatic N) is 2. The van der Waals surface area contributed by atoms with Gasteiger partial charge in [0.25, 0.3) is 0 Å². The number of rotatable bonds is 5. The van der Waals surface area contributed by atoms with Gasteiger partial charge in [0, 0.05) is 19.0 Å². The normalized spacial score (nSPS) is 9.93. The Hall–Kier alpha value is -1.36. The molecule has 1 aromatic heterocycles. The number of nitrogens with two attached hydrogens (primary N) is 1. The molecule has 0 fully saturated rings. The van der Waals surface area contributed by atoms with Crippen LogP contribution in [0.3, 0.4) is 0 Å². The number of aromatic nitrogens is 2. The second kappa shape index (κ2) is 5.39. The summed E-state index contributed by atoms with van der Waals surface area (Å²) in [6.45, 7) is 5.03. The van der Waals surface area contributed by atoms with E-state index in [9.17, 15) is 0 Å². The van der Waals surface area contributed by atoms with Crippen molar-refractivity contribution < 1.29 is 0 Å². The average Bonchev–Trinajstić information content (AvgIpc) is 2.25. The zero-order valence-corrected chi connectivity index (χ0v) is 8.67. The first-order valence-corrected chi connectivity index (χ1v) is 4.88. The van der Waals surface area contributed by atoms with Gasteiger partial charge in [-0.15, -0.1) is 0 Å². The molecule has 1 rings (SSSR count). The van der Waals surface area contributed by atoms with Gasteiger partial charge in [-0.1, -0.05) is 13.8 Å². The van der Waals surface area contributed by atoms with Gasteiger partial charge in [-0.25, -0.2) is 15.8 Å². The second-order valence-electron chi connectivity index (χ2n) is 2.98. The van der Waals surface area contributed by atoms with Crippen LogP contribution in [0.4, 0.5) is 11.6 Å². The number of anilines is 2. The van der Waals surface area contributed by atoms with E-state index in [1.54, 1.807) is 6.07 Å². The molecule has 1 aromatic rings. The lowest BCUT2D eigenvalue weighted by Crippen LogP contribution is -2.12. The van der Waals surface area contributed by atoms with E-state index >= 15 is 0 Å². The summed E-state index contributed by atoms with van der Waals surface area (Å²) in [7, 11) is 0. The quantitative estimate of drug-likeness (QED) is 0.485. The van der Waals surface area contributed by atoms with Crippen molar-refractivity contribution in [1.29, 1.82) is 0 Å². The Morgan fingerprint density at radius 2 is 2.00 bits per heavy atom. The van der Waals surface area contributed by atoms with E-state index < -0.39 is 0 Å². The molecule has 0 aromatic carbocycles. The van der Waals surface area contributed by atoms with Gasteiger partial charge >= 0.3 is 0 Å². The van der Waals surface area contributed by atoms with Gasteiger partial charge < -0.3 is 10.7 Å². The fourth-order valence-corrected chi connectivity index (χ4v) is 1.07. The Morgan fingerprint density at radius 1 is 1.29 bits per heavy atom. The Labute approximate surface area is 84.1 Å². The largest absolute Gasteiger partial charge is 0.370 e. The predicted molar refractivity (Wildman–Crippen MR) is 58.0 cm³/mol. The average molecular weight is 195 g/mol. The number of hydrogen-bond acceptors (Lipinski definition) is 5. The van der Waals surface area contributed by atoms with Crippen molar-refractivity contribution in [1.82, 2.24) is 9.97 Å². The van der Waals surface area contributed by atoms with Gasteiger partial charge in [-0.05, 0) is 6.42 Å². The van der Waals surface area contributed by atoms with Gasteiger partial charge in [0.15, 0.2) is 0 Å². The summed E-state index contributed by atoms with van der Waals surface area (Å²) < 4.78 is 0. The van der Waals surface area contributed by atoms with Gasteiger partial charge in [0.2, 0.25) is 0 Å². The summed E-state index contributed by atoms with van der Waals surface area (Å²) in [4.78, 5) is 8.51. The van der Waals surface area contributed by atoms with Crippen molar-refractivity contribution in [2.75, 3.05) is 17.3 Å². The Bertz CT molecular complexity index is 264. The molecular formula is C9H17N5. The van der Waals surface area contributed by atoms with Crippen molar-refractivity contribution >= 4 is 11.6 Å². The van der Waals surface area contributed by atoms with Crippen molar-refractivity contribution in [3.05, 3.63) is 11.9 Å². The van der Waals surface area contributed by atoms with E-state index in [4.69, 9.17) is 5.84 Å². The summed E-state index contributed by atoms with van der Waals surface area (Å²) in [5.41, 5.74) is 2.53. The fraction of sp³-hybridized carbons (Fsp3) is 0.556. The van der Waals surface area contributed by atoms with E-state index in [1.807, 2.05) is 6.92 Å². The smallest absolute Gasteiger partial charge is 0.145 e. The molecule has 0 unspecified atom stereocenters. The van der Waals surface area contributed by atoms with Crippen LogP contribution in [-0.4, -0.2) is 16.5 Å². The zero-order valence-electron chi connectivity index (χ0n) is 8.67. The molecule has 0 radical (unpaired) electrons. The molecule has 14 heavy (non-hydrogen) atoms. The van der Waals surface area contributed by atoms with Crippen LogP contribution < -0.4 is 16.6 Å². The summed E-state index contributed by atoms with van der Waals surface area (Å²) >= 11 is 0. The molecule has 0 spiro atoms. The lowest BCUT2D eigenvalue weighted by Gasteiger charge is -2.07. The van der Waals surface area contributed by atoms with Crippen molar-refractivity contribution in [2.24, 2.45) is 5.84 Å². The van der Waals surface area contributed by atoms with E-state index in [0.29, 0.717) is 5.82 Å². The molecule has 0 saturated carbocycles. The van der Waals surface area contributed by atoms with E-state index in [-0.39, 0.29) is 0 Å². The molecule has 0 aliphatic rings. The Kier molecular flexibility index (Phi) is 4.12. The highest BCUT2D eigenvalue weighted by molar-refractivity contribution is 5.46. The topological polar surface area (TPSA) is 75.9 Å². The Morgan fingerprint density at radius 3 is 2.57 bits per heavy atom. The SMILES string of the molecule is CCCNc1cc(NN)nc(CC)n1. The molecule has 1 heterocycles. The third-order valence-electron chi connectivity index (χ3n) is 1.79. The molecule has 5 nitrogen and oxygen atoms in total. The monoisotopic (exact) mass is 195 g/mol. The van der Waals surface area contributed by atoms with Gasteiger partial charge in [0.05, 0.1) is 0 Å². The minimum Gasteiger partial charge on any atom is -0.370 e. The first-order valence-electron chi connectivity index (χ1n) is 4.88. The van der Waals surface area contributed by atoms with Gasteiger partial charge in [-0.2, -0.15) is 0 Å². The highest BCUT2D eigenvalue weighted by Crippen LogP contribution is 2.10. The third kappa shape index (κ3) is 2.85. The van der Waals surface area contributed by atoms with Crippen LogP contribution in [-0.2, 0) is 6.42 Å². The van der Waals surface area contributed by atoms with E-state index in [1.165, 1.54) is 0 Å². The maximum atomic E-state index is 5.30. The van der Waals surface area contributed by atoms with Crippen LogP contribution in [0.1, 0.15) is 26.1 Å². The molecule has 4 N–H and O–H groups in total. The lowest BCUT2D eigenvalue weighted by molar-refractivity contribution is 0.916. The fourth-order valence-electron chi connectivity index (χ4n) is 1.07. The standard InChI is InChI=1S/C9H17N5/c1-3-5-11-8-6-9(14-10)13-7(4-2)12-8/h6H,3-5,10H2,1-2H3,(H2,11,12,13,14). The van der Waals surface area contributed by atoms with E-state index in [0.717, 1.165) is 31.0 Å². The minimum atomic E-state index is 0.649. The van der Waals surface area contributed by atoms with Crippen LogP contribution >= 0.6 is 0 Å². The molecule has 0 amide bonds. The van der Waals surface area contributed by atoms with Crippen LogP contribution in [0.25, 0.3) is 0 Å². The first-order chi connectivity index (χ1) is 6.80. The summed E-state index contributed by atoms with van der Waals surface area (Å²) in [5, 5.41) is 3.20. The van der Waals surface area contributed by atoms with E-state index in [2.05, 4.69) is 27.6 Å². The molecule has 0 bridgehead atoms. The van der Waals surface area contributed by atoms with Crippen LogP contribution in [0.2, 0.25) is 0 Å². The number of nitrogen functional groups attached to an aromatic ring is 1. The molecule has 5 heteroatoms. The molecule has 78 valence electrons. The van der Waals surface area contributed by atoms with Gasteiger partial charge in [0.1, 0.15) is 17.5 Å². The highest BCUT2D eigenvalue weighted by atomic mass is 15.3. The maximum absolute atomic E-state index is 5.30. The second-order valence-corrected chi connectivity index (χ2v) is 2.98. The van der Waals surface area contributed by atoms with Crippen LogP contribution in [0.5, 0.6) is 0 Å². The predicted octanol–water partition coefficient (Wildman–Crippen LogP) is 1.15. The number of nitrogens with one attached hydrogen (secondary N) is 2. The summed E-state index contributed by atoms with van der Waals surface area (Å²) in [6, 6.07) is 1.80. The van der Waals surface area contributed by atoms with Crippen LogP contribution in [0.15, 0.2) is 6.07 Å². The number of hydrazine groups is 1. The first kappa shape index (κ1) is 10.7. The molecule has 0 saturated heterocycles. The van der Waals surface area contributed by atoms with Crippen molar-refractivity contribution in [3.63, 3.8) is 0 Å². The van der Waals surface area contributed by atoms with Crippen LogP contribution in [0, 0.1) is 0 Å². The lowest BCUT2D eigenvalue weighted by atomic mass is 10.4. The molecule has 0 atom stereocenters. The Balaban J connectivity index is 2.81. The summed E-state index contributed by atoms with van der Waals surface area (Å²) in [5.74, 6) is 7.57. The molecular weight excluding hydrogens is 178 g/mol. The van der Waals surface area contributed by atoms with Gasteiger partial charge in [-0.3, -0.25) is 0 Å². The number of aryl methyl sites for hydroxylation is 1. The van der Waals surface area contributed by atoms with Crippen molar-refractivity contribution in [3.8, 4) is 0 Å². The minimum absolute atomic E-state index is 0.649. The summed E-state index contributed by atoms with van der Waals surface area (Å²) in [6.07, 6.45) is 1.87. The zero-order chi connectivity index (χ0) is 10.4. The molecule has 0 aliphatic carbocycles. The highest BCUT2D eigenvalue weighted by Gasteiger charge is 2.01. The molecule has 0 aliphatic heterocycles. The maximum Gasteiger partial charge on any atom is 0.145 e. The number of hydrogen-bond donors (Lipinski definition) is 3. The van der Waals surface area contributed by atoms with Crippen molar-refractivity contribution in [2.45, 2.75) is 26.7 Å².